The van der Waals surface area contributed by atoms with Gasteiger partial charge in [0.15, 0.2) is 11.2 Å². The second-order valence-corrected chi connectivity index (χ2v) is 8.73. The molecule has 4 aromatic rings. The van der Waals surface area contributed by atoms with Crippen LogP contribution in [0.1, 0.15) is 48.6 Å². The second-order valence-electron chi connectivity index (χ2n) is 7.70. The average Bonchev–Trinajstić information content (AvgIpc) is 3.44. The normalized spacial score (nSPS) is 11.3. The quantitative estimate of drug-likeness (QED) is 0.362. The van der Waals surface area contributed by atoms with Gasteiger partial charge in [0.05, 0.1) is 6.20 Å². The summed E-state index contributed by atoms with van der Waals surface area (Å²) < 4.78 is 22.6. The molecule has 0 unspecified atom stereocenters. The summed E-state index contributed by atoms with van der Waals surface area (Å²) in [4.78, 5) is 48.8. The summed E-state index contributed by atoms with van der Waals surface area (Å²) in [5.41, 5.74) is -0.172. The number of aromatic nitrogens is 5. The number of fused-ring (bicyclic) bond motifs is 1. The van der Waals surface area contributed by atoms with Crippen molar-refractivity contribution in [1.82, 2.24) is 24.1 Å². The Morgan fingerprint density at radius 3 is 2.68 bits per heavy atom. The molecule has 0 saturated heterocycles. The van der Waals surface area contributed by atoms with Crippen molar-refractivity contribution in [3.05, 3.63) is 67.8 Å². The number of H-pyrrole nitrogens is 1. The Hall–Kier alpha value is -3.60. The van der Waals surface area contributed by atoms with Crippen LogP contribution in [0.5, 0.6) is 0 Å². The highest BCUT2D eigenvalue weighted by molar-refractivity contribution is 7.16. The maximum atomic E-state index is 14.0. The molecule has 0 atom stereocenters. The molecule has 11 heteroatoms. The Morgan fingerprint density at radius 2 is 1.94 bits per heavy atom. The van der Waals surface area contributed by atoms with Crippen molar-refractivity contribution in [2.24, 2.45) is 0 Å². The number of rotatable bonds is 9. The van der Waals surface area contributed by atoms with Crippen molar-refractivity contribution < 1.29 is 13.9 Å². The van der Waals surface area contributed by atoms with Crippen molar-refractivity contribution in [2.75, 3.05) is 0 Å². The molecule has 0 aliphatic rings. The average molecular weight is 486 g/mol. The summed E-state index contributed by atoms with van der Waals surface area (Å²) in [5, 5.41) is 0.370. The lowest BCUT2D eigenvalue weighted by molar-refractivity contribution is 0.0464. The monoisotopic (exact) mass is 485 g/mol. The largest absolute Gasteiger partial charge is 0.453 e. The van der Waals surface area contributed by atoms with Gasteiger partial charge in [-0.05, 0) is 25.0 Å². The molecule has 178 valence electrons. The van der Waals surface area contributed by atoms with Gasteiger partial charge in [-0.1, -0.05) is 32.4 Å². The van der Waals surface area contributed by atoms with Crippen LogP contribution >= 0.6 is 11.3 Å². The van der Waals surface area contributed by atoms with Gasteiger partial charge in [0.2, 0.25) is 0 Å². The lowest BCUT2D eigenvalue weighted by Crippen LogP contribution is -2.31. The third-order valence-corrected chi connectivity index (χ3v) is 6.30. The van der Waals surface area contributed by atoms with Crippen LogP contribution in [-0.2, 0) is 24.4 Å². The van der Waals surface area contributed by atoms with Gasteiger partial charge in [0.25, 0.3) is 5.56 Å². The molecule has 0 bridgehead atoms. The van der Waals surface area contributed by atoms with E-state index in [-0.39, 0.29) is 22.6 Å². The molecular formula is C23H24FN5O4S. The third kappa shape index (κ3) is 4.56. The number of carbonyl (C=O) groups excluding carboxylic acids is 1. The zero-order valence-electron chi connectivity index (χ0n) is 18.8. The first-order chi connectivity index (χ1) is 16.4. The Balaban J connectivity index is 1.62. The van der Waals surface area contributed by atoms with E-state index >= 15 is 0 Å². The van der Waals surface area contributed by atoms with Gasteiger partial charge in [0, 0.05) is 18.7 Å². The number of hydrogen-bond donors (Lipinski definition) is 1. The van der Waals surface area contributed by atoms with E-state index in [4.69, 9.17) is 4.74 Å². The zero-order chi connectivity index (χ0) is 24.2. The Morgan fingerprint density at radius 1 is 1.15 bits per heavy atom. The molecular weight excluding hydrogens is 461 g/mol. The minimum absolute atomic E-state index is 0.193. The summed E-state index contributed by atoms with van der Waals surface area (Å²) in [6.07, 6.45) is 3.68. The number of hydrogen-bond acceptors (Lipinski definition) is 7. The van der Waals surface area contributed by atoms with E-state index in [2.05, 4.69) is 15.0 Å². The third-order valence-electron chi connectivity index (χ3n) is 5.29. The number of halogens is 1. The van der Waals surface area contributed by atoms with Crippen LogP contribution in [0.3, 0.4) is 0 Å². The number of aromatic amines is 1. The molecule has 0 spiro atoms. The fourth-order valence-corrected chi connectivity index (χ4v) is 4.48. The molecule has 0 aliphatic carbocycles. The molecule has 0 aliphatic heterocycles. The molecule has 0 amide bonds. The van der Waals surface area contributed by atoms with Gasteiger partial charge in [-0.3, -0.25) is 14.3 Å². The van der Waals surface area contributed by atoms with E-state index in [1.165, 1.54) is 16.8 Å². The van der Waals surface area contributed by atoms with E-state index in [1.54, 1.807) is 22.8 Å². The lowest BCUT2D eigenvalue weighted by atomic mass is 10.2. The molecule has 3 aromatic heterocycles. The summed E-state index contributed by atoms with van der Waals surface area (Å²) >= 11 is 1.03. The molecule has 0 radical (unpaired) electrons. The van der Waals surface area contributed by atoms with Crippen LogP contribution in [-0.4, -0.2) is 30.1 Å². The highest BCUT2D eigenvalue weighted by atomic mass is 32.1. The number of imidazole rings is 1. The number of unbranched alkanes of at least 4 members (excludes halogenated alkanes) is 1. The summed E-state index contributed by atoms with van der Waals surface area (Å²) in [6, 6.07) is 6.19. The maximum Gasteiger partial charge on any atom is 0.350 e. The second kappa shape index (κ2) is 10.1. The number of nitrogens with one attached hydrogen (secondary N) is 1. The van der Waals surface area contributed by atoms with Gasteiger partial charge in [-0.25, -0.2) is 23.9 Å². The van der Waals surface area contributed by atoms with Crippen molar-refractivity contribution >= 4 is 28.5 Å². The SMILES string of the molecule is CCCCn1c(=O)[nH]c(=O)c2c1nc(COC(=O)c1cnc(-c3ccccc3F)s1)n2CCC. The van der Waals surface area contributed by atoms with Crippen molar-refractivity contribution in [2.45, 2.75) is 52.8 Å². The van der Waals surface area contributed by atoms with E-state index in [1.807, 2.05) is 13.8 Å². The van der Waals surface area contributed by atoms with E-state index in [0.29, 0.717) is 35.9 Å². The zero-order valence-corrected chi connectivity index (χ0v) is 19.7. The first kappa shape index (κ1) is 23.6. The number of nitrogens with zero attached hydrogens (tertiary/aromatic N) is 4. The molecule has 1 aromatic carbocycles. The van der Waals surface area contributed by atoms with Crippen LogP contribution in [0.15, 0.2) is 40.1 Å². The maximum absolute atomic E-state index is 14.0. The van der Waals surface area contributed by atoms with Crippen LogP contribution in [0.25, 0.3) is 21.7 Å². The van der Waals surface area contributed by atoms with E-state index in [9.17, 15) is 18.8 Å². The van der Waals surface area contributed by atoms with E-state index < -0.39 is 23.0 Å². The topological polar surface area (TPSA) is 112 Å². The fraction of sp³-hybridized carbons (Fsp3) is 0.348. The lowest BCUT2D eigenvalue weighted by Gasteiger charge is -2.08. The van der Waals surface area contributed by atoms with Gasteiger partial charge in [0.1, 0.15) is 28.1 Å². The number of thiazole rings is 1. The van der Waals surface area contributed by atoms with E-state index in [0.717, 1.165) is 24.2 Å². The van der Waals surface area contributed by atoms with Crippen LogP contribution in [0.2, 0.25) is 0 Å². The highest BCUT2D eigenvalue weighted by Gasteiger charge is 2.20. The molecule has 3 heterocycles. The van der Waals surface area contributed by atoms with Gasteiger partial charge < -0.3 is 9.30 Å². The molecule has 4 rings (SSSR count). The predicted molar refractivity (Wildman–Crippen MR) is 126 cm³/mol. The number of benzene rings is 1. The number of esters is 1. The smallest absolute Gasteiger partial charge is 0.350 e. The Bertz CT molecular complexity index is 1450. The number of aryl methyl sites for hydroxylation is 2. The molecule has 0 fully saturated rings. The molecule has 1 N–H and O–H groups in total. The molecule has 9 nitrogen and oxygen atoms in total. The van der Waals surface area contributed by atoms with Crippen LogP contribution < -0.4 is 11.2 Å². The summed E-state index contributed by atoms with van der Waals surface area (Å²) in [6.45, 7) is 4.65. The Kier molecular flexibility index (Phi) is 7.01. The van der Waals surface area contributed by atoms with Crippen LogP contribution in [0, 0.1) is 5.82 Å². The van der Waals surface area contributed by atoms with Gasteiger partial charge in [-0.15, -0.1) is 11.3 Å². The van der Waals surface area contributed by atoms with Crippen molar-refractivity contribution in [3.63, 3.8) is 0 Å². The highest BCUT2D eigenvalue weighted by Crippen LogP contribution is 2.28. The van der Waals surface area contributed by atoms with Crippen molar-refractivity contribution in [3.8, 4) is 10.6 Å². The minimum Gasteiger partial charge on any atom is -0.453 e. The molecule has 0 saturated carbocycles. The fourth-order valence-electron chi connectivity index (χ4n) is 3.64. The molecule has 34 heavy (non-hydrogen) atoms. The van der Waals surface area contributed by atoms with Crippen LogP contribution in [0.4, 0.5) is 4.39 Å². The first-order valence-electron chi connectivity index (χ1n) is 11.0. The predicted octanol–water partition coefficient (Wildman–Crippen LogP) is 3.72. The first-order valence-corrected chi connectivity index (χ1v) is 11.9. The number of carbonyl (C=O) groups is 1. The summed E-state index contributed by atoms with van der Waals surface area (Å²) in [5.74, 6) is -0.692. The Labute approximate surface area is 197 Å². The summed E-state index contributed by atoms with van der Waals surface area (Å²) in [7, 11) is 0. The van der Waals surface area contributed by atoms with Gasteiger partial charge >= 0.3 is 11.7 Å². The standard InChI is InChI=1S/C23H24FN5O4S/c1-3-5-11-29-19-18(20(30)27-23(29)32)28(10-4-2)17(26-19)13-33-22(31)16-12-25-21(34-16)14-8-6-7-9-15(14)24/h6-9,12H,3-5,10-11,13H2,1-2H3,(H,27,30,32). The number of ether oxygens (including phenoxy) is 1. The van der Waals surface area contributed by atoms with Crippen molar-refractivity contribution in [1.29, 1.82) is 0 Å². The van der Waals surface area contributed by atoms with Gasteiger partial charge in [-0.2, -0.15) is 0 Å². The minimum atomic E-state index is -0.632.